The number of aryl methyl sites for hydroxylation is 1. The quantitative estimate of drug-likeness (QED) is 0.660. The Morgan fingerprint density at radius 2 is 1.92 bits per heavy atom. The van der Waals surface area contributed by atoms with Crippen LogP contribution in [0.3, 0.4) is 0 Å². The molecule has 1 aromatic rings. The summed E-state index contributed by atoms with van der Waals surface area (Å²) < 4.78 is 1.92. The van der Waals surface area contributed by atoms with E-state index >= 15 is 0 Å². The molecular weight excluding hydrogens is 162 g/mol. The molecule has 2 rings (SSSR count). The minimum atomic E-state index is 0.106. The molecule has 1 aromatic heterocycles. The number of nitrogens with zero attached hydrogens (tertiary/aromatic N) is 3. The molecule has 1 aliphatic carbocycles. The van der Waals surface area contributed by atoms with Crippen molar-refractivity contribution in [1.29, 1.82) is 0 Å². The predicted molar refractivity (Wildman–Crippen MR) is 51.7 cm³/mol. The molecule has 1 aliphatic rings. The zero-order valence-electron chi connectivity index (χ0n) is 8.83. The maximum Gasteiger partial charge on any atom is 0.154 e. The van der Waals surface area contributed by atoms with E-state index in [1.807, 2.05) is 11.7 Å². The van der Waals surface area contributed by atoms with Gasteiger partial charge in [0.25, 0.3) is 0 Å². The lowest BCUT2D eigenvalue weighted by molar-refractivity contribution is 0.506. The molecule has 1 fully saturated rings. The maximum atomic E-state index is 4.59. The first-order chi connectivity index (χ1) is 5.98. The Labute approximate surface area is 79.2 Å². The summed E-state index contributed by atoms with van der Waals surface area (Å²) in [4.78, 5) is 4.59. The standard InChI is InChI=1S/C10H17N3/c1-10(2,3)9-11-8(7-5-6-7)12-13(9)4/h7H,5-6H2,1-4H3. The summed E-state index contributed by atoms with van der Waals surface area (Å²) in [6.45, 7) is 6.52. The van der Waals surface area contributed by atoms with Crippen LogP contribution in [0.1, 0.15) is 51.2 Å². The summed E-state index contributed by atoms with van der Waals surface area (Å²) >= 11 is 0. The van der Waals surface area contributed by atoms with Crippen LogP contribution in [0.5, 0.6) is 0 Å². The largest absolute Gasteiger partial charge is 0.252 e. The number of aromatic nitrogens is 3. The molecule has 0 radical (unpaired) electrons. The van der Waals surface area contributed by atoms with E-state index in [0.717, 1.165) is 11.6 Å². The summed E-state index contributed by atoms with van der Waals surface area (Å²) in [5.74, 6) is 2.80. The second-order valence-corrected chi connectivity index (χ2v) is 4.94. The van der Waals surface area contributed by atoms with E-state index in [1.54, 1.807) is 0 Å². The van der Waals surface area contributed by atoms with Gasteiger partial charge < -0.3 is 0 Å². The molecule has 0 aliphatic heterocycles. The highest BCUT2D eigenvalue weighted by molar-refractivity contribution is 5.10. The Bertz CT molecular complexity index is 315. The van der Waals surface area contributed by atoms with Gasteiger partial charge in [0.2, 0.25) is 0 Å². The molecule has 13 heavy (non-hydrogen) atoms. The molecule has 3 nitrogen and oxygen atoms in total. The average molecular weight is 179 g/mol. The minimum absolute atomic E-state index is 0.106. The Morgan fingerprint density at radius 1 is 1.31 bits per heavy atom. The third-order valence-electron chi connectivity index (χ3n) is 2.39. The summed E-state index contributed by atoms with van der Waals surface area (Å²) in [5.41, 5.74) is 0.106. The molecule has 0 saturated heterocycles. The fraction of sp³-hybridized carbons (Fsp3) is 0.800. The van der Waals surface area contributed by atoms with Gasteiger partial charge in [0.1, 0.15) is 5.82 Å². The Kier molecular flexibility index (Phi) is 1.72. The number of hydrogen-bond donors (Lipinski definition) is 0. The highest BCUT2D eigenvalue weighted by Crippen LogP contribution is 2.38. The van der Waals surface area contributed by atoms with Crippen LogP contribution < -0.4 is 0 Å². The first kappa shape index (κ1) is 8.73. The SMILES string of the molecule is Cn1nc(C2CC2)nc1C(C)(C)C. The van der Waals surface area contributed by atoms with Crippen molar-refractivity contribution in [2.75, 3.05) is 0 Å². The predicted octanol–water partition coefficient (Wildman–Crippen LogP) is 1.99. The molecule has 1 heterocycles. The molecule has 0 aromatic carbocycles. The molecule has 0 bridgehead atoms. The van der Waals surface area contributed by atoms with Gasteiger partial charge in [-0.25, -0.2) is 4.98 Å². The van der Waals surface area contributed by atoms with Crippen LogP contribution in [-0.2, 0) is 12.5 Å². The van der Waals surface area contributed by atoms with Crippen molar-refractivity contribution in [2.24, 2.45) is 7.05 Å². The molecular formula is C10H17N3. The van der Waals surface area contributed by atoms with Gasteiger partial charge in [0.05, 0.1) is 0 Å². The average Bonchev–Trinajstić information content (AvgIpc) is 2.73. The zero-order chi connectivity index (χ0) is 9.64. The normalized spacial score (nSPS) is 17.8. The van der Waals surface area contributed by atoms with Crippen molar-refractivity contribution < 1.29 is 0 Å². The molecule has 0 spiro atoms. The fourth-order valence-corrected chi connectivity index (χ4v) is 1.57. The van der Waals surface area contributed by atoms with Crippen molar-refractivity contribution >= 4 is 0 Å². The molecule has 72 valence electrons. The van der Waals surface area contributed by atoms with Crippen molar-refractivity contribution in [3.05, 3.63) is 11.6 Å². The molecule has 0 amide bonds. The van der Waals surface area contributed by atoms with Crippen LogP contribution in [0, 0.1) is 0 Å². The molecule has 0 N–H and O–H groups in total. The highest BCUT2D eigenvalue weighted by Gasteiger charge is 2.30. The Hall–Kier alpha value is -0.860. The second kappa shape index (κ2) is 2.56. The third-order valence-corrected chi connectivity index (χ3v) is 2.39. The smallest absolute Gasteiger partial charge is 0.154 e. The van der Waals surface area contributed by atoms with E-state index in [0.29, 0.717) is 5.92 Å². The van der Waals surface area contributed by atoms with Crippen LogP contribution >= 0.6 is 0 Å². The van der Waals surface area contributed by atoms with Crippen LogP contribution in [0.15, 0.2) is 0 Å². The van der Waals surface area contributed by atoms with Gasteiger partial charge in [-0.1, -0.05) is 20.8 Å². The molecule has 0 unspecified atom stereocenters. The van der Waals surface area contributed by atoms with Crippen molar-refractivity contribution in [3.63, 3.8) is 0 Å². The zero-order valence-corrected chi connectivity index (χ0v) is 8.83. The van der Waals surface area contributed by atoms with E-state index in [4.69, 9.17) is 0 Å². The lowest BCUT2D eigenvalue weighted by atomic mass is 9.96. The van der Waals surface area contributed by atoms with Crippen molar-refractivity contribution in [2.45, 2.75) is 44.9 Å². The lowest BCUT2D eigenvalue weighted by Gasteiger charge is -2.15. The van der Waals surface area contributed by atoms with E-state index in [-0.39, 0.29) is 5.41 Å². The van der Waals surface area contributed by atoms with Gasteiger partial charge in [0, 0.05) is 18.4 Å². The summed E-state index contributed by atoms with van der Waals surface area (Å²) in [5, 5.41) is 4.44. The number of hydrogen-bond acceptors (Lipinski definition) is 2. The molecule has 3 heteroatoms. The van der Waals surface area contributed by atoms with Gasteiger partial charge in [0.15, 0.2) is 5.82 Å². The summed E-state index contributed by atoms with van der Waals surface area (Å²) in [6.07, 6.45) is 2.54. The van der Waals surface area contributed by atoms with E-state index < -0.39 is 0 Å². The summed E-state index contributed by atoms with van der Waals surface area (Å²) in [6, 6.07) is 0. The first-order valence-corrected chi connectivity index (χ1v) is 4.90. The van der Waals surface area contributed by atoms with Crippen molar-refractivity contribution in [3.8, 4) is 0 Å². The van der Waals surface area contributed by atoms with Gasteiger partial charge in [-0.05, 0) is 12.8 Å². The van der Waals surface area contributed by atoms with Crippen molar-refractivity contribution in [1.82, 2.24) is 14.8 Å². The minimum Gasteiger partial charge on any atom is -0.252 e. The van der Waals surface area contributed by atoms with Gasteiger partial charge in [-0.2, -0.15) is 5.10 Å². The Balaban J connectivity index is 2.35. The van der Waals surface area contributed by atoms with Crippen LogP contribution in [-0.4, -0.2) is 14.8 Å². The molecule has 0 atom stereocenters. The Morgan fingerprint density at radius 3 is 2.31 bits per heavy atom. The number of rotatable bonds is 1. The topological polar surface area (TPSA) is 30.7 Å². The van der Waals surface area contributed by atoms with Gasteiger partial charge >= 0.3 is 0 Å². The molecule has 1 saturated carbocycles. The van der Waals surface area contributed by atoms with E-state index in [9.17, 15) is 0 Å². The second-order valence-electron chi connectivity index (χ2n) is 4.94. The highest BCUT2D eigenvalue weighted by atomic mass is 15.3. The maximum absolute atomic E-state index is 4.59. The van der Waals surface area contributed by atoms with Gasteiger partial charge in [-0.3, -0.25) is 4.68 Å². The van der Waals surface area contributed by atoms with E-state index in [2.05, 4.69) is 30.9 Å². The van der Waals surface area contributed by atoms with Crippen LogP contribution in [0.25, 0.3) is 0 Å². The third kappa shape index (κ3) is 1.60. The fourth-order valence-electron chi connectivity index (χ4n) is 1.57. The monoisotopic (exact) mass is 179 g/mol. The van der Waals surface area contributed by atoms with E-state index in [1.165, 1.54) is 12.8 Å². The first-order valence-electron chi connectivity index (χ1n) is 4.90. The van der Waals surface area contributed by atoms with Crippen LogP contribution in [0.4, 0.5) is 0 Å². The summed E-state index contributed by atoms with van der Waals surface area (Å²) in [7, 11) is 1.99. The van der Waals surface area contributed by atoms with Gasteiger partial charge in [-0.15, -0.1) is 0 Å². The van der Waals surface area contributed by atoms with Crippen LogP contribution in [0.2, 0.25) is 0 Å². The lowest BCUT2D eigenvalue weighted by Crippen LogP contribution is -2.17.